The zero-order chi connectivity index (χ0) is 18.1. The lowest BCUT2D eigenvalue weighted by molar-refractivity contribution is 0.102. The van der Waals surface area contributed by atoms with Crippen LogP contribution in [0, 0.1) is 12.7 Å². The molecule has 4 rings (SSSR count). The van der Waals surface area contributed by atoms with Crippen LogP contribution < -0.4 is 5.32 Å². The predicted molar refractivity (Wildman–Crippen MR) is 98.5 cm³/mol. The summed E-state index contributed by atoms with van der Waals surface area (Å²) < 4.78 is 19.4. The van der Waals surface area contributed by atoms with Gasteiger partial charge in [-0.05, 0) is 42.8 Å². The van der Waals surface area contributed by atoms with E-state index in [4.69, 9.17) is 4.52 Å². The number of anilines is 1. The molecule has 1 amide bonds. The van der Waals surface area contributed by atoms with Crippen LogP contribution in [0.1, 0.15) is 15.9 Å². The molecule has 0 fully saturated rings. The van der Waals surface area contributed by atoms with Crippen molar-refractivity contribution in [1.82, 2.24) is 5.16 Å². The van der Waals surface area contributed by atoms with Crippen molar-refractivity contribution in [3.63, 3.8) is 0 Å². The Labute approximate surface area is 149 Å². The first-order valence-electron chi connectivity index (χ1n) is 8.14. The van der Waals surface area contributed by atoms with E-state index in [-0.39, 0.29) is 5.69 Å². The Morgan fingerprint density at radius 2 is 1.85 bits per heavy atom. The Kier molecular flexibility index (Phi) is 3.97. The van der Waals surface area contributed by atoms with E-state index in [1.54, 1.807) is 37.3 Å². The summed E-state index contributed by atoms with van der Waals surface area (Å²) in [6.07, 6.45) is 0. The smallest absolute Gasteiger partial charge is 0.255 e. The number of hydrogen-bond acceptors (Lipinski definition) is 3. The maximum atomic E-state index is 14.0. The summed E-state index contributed by atoms with van der Waals surface area (Å²) in [5.41, 5.74) is 2.87. The van der Waals surface area contributed by atoms with Crippen LogP contribution in [0.5, 0.6) is 0 Å². The monoisotopic (exact) mass is 346 g/mol. The maximum Gasteiger partial charge on any atom is 0.255 e. The van der Waals surface area contributed by atoms with Gasteiger partial charge in [-0.15, -0.1) is 0 Å². The second-order valence-electron chi connectivity index (χ2n) is 6.05. The number of carbonyl (C=O) groups excluding carboxylic acids is 1. The number of carbonyl (C=O) groups is 1. The van der Waals surface area contributed by atoms with E-state index in [2.05, 4.69) is 10.5 Å². The van der Waals surface area contributed by atoms with Crippen molar-refractivity contribution in [2.75, 3.05) is 5.32 Å². The van der Waals surface area contributed by atoms with Crippen LogP contribution in [-0.2, 0) is 0 Å². The van der Waals surface area contributed by atoms with Crippen molar-refractivity contribution >= 4 is 22.5 Å². The lowest BCUT2D eigenvalue weighted by Crippen LogP contribution is -2.13. The topological polar surface area (TPSA) is 55.1 Å². The zero-order valence-electron chi connectivity index (χ0n) is 14.0. The van der Waals surface area contributed by atoms with Gasteiger partial charge in [0, 0.05) is 11.1 Å². The molecule has 0 aliphatic heterocycles. The van der Waals surface area contributed by atoms with Crippen LogP contribution in [-0.4, -0.2) is 11.1 Å². The molecule has 1 aromatic heterocycles. The summed E-state index contributed by atoms with van der Waals surface area (Å²) in [7, 11) is 0. The second kappa shape index (κ2) is 6.44. The molecular weight excluding hydrogens is 331 g/mol. The number of hydrogen-bond donors (Lipinski definition) is 1. The predicted octanol–water partition coefficient (Wildman–Crippen LogP) is 5.19. The van der Waals surface area contributed by atoms with Gasteiger partial charge >= 0.3 is 0 Å². The van der Waals surface area contributed by atoms with Gasteiger partial charge in [0.05, 0.1) is 11.1 Å². The van der Waals surface area contributed by atoms with Gasteiger partial charge in [0.2, 0.25) is 0 Å². The van der Waals surface area contributed by atoms with E-state index in [9.17, 15) is 9.18 Å². The fourth-order valence-electron chi connectivity index (χ4n) is 2.80. The third-order valence-corrected chi connectivity index (χ3v) is 4.15. The zero-order valence-corrected chi connectivity index (χ0v) is 14.0. The highest BCUT2D eigenvalue weighted by atomic mass is 19.1. The molecule has 0 saturated carbocycles. The third kappa shape index (κ3) is 2.95. The van der Waals surface area contributed by atoms with Crippen LogP contribution in [0.25, 0.3) is 22.2 Å². The average Bonchev–Trinajstić information content (AvgIpc) is 3.08. The summed E-state index contributed by atoms with van der Waals surface area (Å²) in [6.45, 7) is 1.79. The molecule has 4 aromatic rings. The number of fused-ring (bicyclic) bond motifs is 1. The first-order chi connectivity index (χ1) is 12.6. The highest BCUT2D eigenvalue weighted by Crippen LogP contribution is 2.29. The number of aryl methyl sites for hydroxylation is 1. The Morgan fingerprint density at radius 3 is 2.62 bits per heavy atom. The minimum absolute atomic E-state index is 0.147. The summed E-state index contributed by atoms with van der Waals surface area (Å²) in [5.74, 6) is -0.263. The fourth-order valence-corrected chi connectivity index (χ4v) is 2.80. The van der Waals surface area contributed by atoms with Crippen LogP contribution >= 0.6 is 0 Å². The number of nitrogens with one attached hydrogen (secondary N) is 1. The minimum atomic E-state index is -0.464. The molecule has 1 N–H and O–H groups in total. The van der Waals surface area contributed by atoms with E-state index in [0.717, 1.165) is 16.5 Å². The standard InChI is InChI=1S/C21H15FN2O2/c1-13-7-9-19(17(22)11-13)23-21(25)15-8-10-18-16(12-15)20(26-24-18)14-5-3-2-4-6-14/h2-12H,1H3,(H,23,25). The highest BCUT2D eigenvalue weighted by molar-refractivity contribution is 6.07. The van der Waals surface area contributed by atoms with Gasteiger partial charge in [-0.25, -0.2) is 4.39 Å². The van der Waals surface area contributed by atoms with Crippen LogP contribution in [0.4, 0.5) is 10.1 Å². The lowest BCUT2D eigenvalue weighted by atomic mass is 10.1. The molecule has 26 heavy (non-hydrogen) atoms. The summed E-state index contributed by atoms with van der Waals surface area (Å²) >= 11 is 0. The molecular formula is C21H15FN2O2. The van der Waals surface area contributed by atoms with Gasteiger partial charge in [0.1, 0.15) is 11.3 Å². The van der Waals surface area contributed by atoms with Crippen molar-refractivity contribution in [2.24, 2.45) is 0 Å². The van der Waals surface area contributed by atoms with Gasteiger partial charge in [-0.1, -0.05) is 41.6 Å². The van der Waals surface area contributed by atoms with Crippen molar-refractivity contribution < 1.29 is 13.7 Å². The quantitative estimate of drug-likeness (QED) is 0.555. The van der Waals surface area contributed by atoms with Crippen LogP contribution in [0.3, 0.4) is 0 Å². The molecule has 3 aromatic carbocycles. The highest BCUT2D eigenvalue weighted by Gasteiger charge is 2.15. The first kappa shape index (κ1) is 16.0. The number of benzene rings is 3. The molecule has 0 bridgehead atoms. The van der Waals surface area contributed by atoms with Gasteiger partial charge in [-0.2, -0.15) is 0 Å². The number of halogens is 1. The van der Waals surface area contributed by atoms with E-state index < -0.39 is 11.7 Å². The molecule has 0 radical (unpaired) electrons. The summed E-state index contributed by atoms with van der Waals surface area (Å²) in [5, 5.41) is 7.37. The van der Waals surface area contributed by atoms with E-state index in [1.807, 2.05) is 30.3 Å². The maximum absolute atomic E-state index is 14.0. The molecule has 0 unspecified atom stereocenters. The number of rotatable bonds is 3. The molecule has 0 saturated heterocycles. The average molecular weight is 346 g/mol. The first-order valence-corrected chi connectivity index (χ1v) is 8.14. The summed E-state index contributed by atoms with van der Waals surface area (Å²) in [6, 6.07) is 19.3. The van der Waals surface area contributed by atoms with Gasteiger partial charge in [0.25, 0.3) is 5.91 Å². The fraction of sp³-hybridized carbons (Fsp3) is 0.0476. The molecule has 0 aliphatic carbocycles. The van der Waals surface area contributed by atoms with Crippen LogP contribution in [0.15, 0.2) is 71.3 Å². The van der Waals surface area contributed by atoms with E-state index in [1.165, 1.54) is 6.07 Å². The summed E-state index contributed by atoms with van der Waals surface area (Å²) in [4.78, 5) is 12.5. The Balaban J connectivity index is 1.69. The Morgan fingerprint density at radius 1 is 1.04 bits per heavy atom. The van der Waals surface area contributed by atoms with E-state index in [0.29, 0.717) is 16.8 Å². The normalized spacial score (nSPS) is 10.8. The number of nitrogens with zero attached hydrogens (tertiary/aromatic N) is 1. The molecule has 4 nitrogen and oxygen atoms in total. The minimum Gasteiger partial charge on any atom is -0.355 e. The van der Waals surface area contributed by atoms with Crippen molar-refractivity contribution in [3.8, 4) is 11.3 Å². The molecule has 0 spiro atoms. The van der Waals surface area contributed by atoms with Gasteiger partial charge < -0.3 is 9.84 Å². The molecule has 128 valence electrons. The van der Waals surface area contributed by atoms with Gasteiger partial charge in [0.15, 0.2) is 5.76 Å². The molecule has 1 heterocycles. The van der Waals surface area contributed by atoms with Crippen molar-refractivity contribution in [2.45, 2.75) is 6.92 Å². The third-order valence-electron chi connectivity index (χ3n) is 4.15. The van der Waals surface area contributed by atoms with E-state index >= 15 is 0 Å². The molecule has 5 heteroatoms. The second-order valence-corrected chi connectivity index (χ2v) is 6.05. The molecule has 0 aliphatic rings. The number of aromatic nitrogens is 1. The van der Waals surface area contributed by atoms with Crippen molar-refractivity contribution in [3.05, 3.63) is 83.7 Å². The van der Waals surface area contributed by atoms with Crippen molar-refractivity contribution in [1.29, 1.82) is 0 Å². The lowest BCUT2D eigenvalue weighted by Gasteiger charge is -2.07. The SMILES string of the molecule is Cc1ccc(NC(=O)c2ccc3noc(-c4ccccc4)c3c2)c(F)c1. The molecule has 0 atom stereocenters. The Hall–Kier alpha value is -3.47. The largest absolute Gasteiger partial charge is 0.355 e. The Bertz CT molecular complexity index is 1100. The van der Waals surface area contributed by atoms with Gasteiger partial charge in [-0.3, -0.25) is 4.79 Å². The number of amides is 1. The van der Waals surface area contributed by atoms with Crippen LogP contribution in [0.2, 0.25) is 0 Å².